The van der Waals surface area contributed by atoms with Crippen molar-refractivity contribution in [3.8, 4) is 5.75 Å². The molecule has 2 aromatic rings. The molecule has 1 heterocycles. The van der Waals surface area contributed by atoms with Gasteiger partial charge in [0.05, 0.1) is 12.6 Å². The van der Waals surface area contributed by atoms with Crippen molar-refractivity contribution < 1.29 is 9.13 Å². The van der Waals surface area contributed by atoms with Crippen molar-refractivity contribution in [2.75, 3.05) is 7.11 Å². The molecule has 0 unspecified atom stereocenters. The van der Waals surface area contributed by atoms with Gasteiger partial charge in [0.1, 0.15) is 10.8 Å². The summed E-state index contributed by atoms with van der Waals surface area (Å²) in [6.07, 6.45) is 0. The highest BCUT2D eigenvalue weighted by Crippen LogP contribution is 2.33. The van der Waals surface area contributed by atoms with Crippen molar-refractivity contribution in [1.29, 1.82) is 0 Å². The van der Waals surface area contributed by atoms with Crippen LogP contribution in [0, 0.1) is 5.82 Å². The van der Waals surface area contributed by atoms with Crippen molar-refractivity contribution in [2.45, 2.75) is 6.54 Å². The summed E-state index contributed by atoms with van der Waals surface area (Å²) in [6, 6.07) is 3.30. The van der Waals surface area contributed by atoms with Gasteiger partial charge in [-0.3, -0.25) is 0 Å². The Morgan fingerprint density at radius 1 is 1.53 bits per heavy atom. The number of aromatic amines is 1. The maximum atomic E-state index is 13.7. The lowest BCUT2D eigenvalue weighted by Gasteiger charge is -2.04. The maximum Gasteiger partial charge on any atom is 0.154 e. The molecule has 0 amide bonds. The molecule has 3 nitrogen and oxygen atoms in total. The van der Waals surface area contributed by atoms with E-state index in [9.17, 15) is 4.39 Å². The molecular weight excluding hydrogens is 219 g/mol. The van der Waals surface area contributed by atoms with E-state index >= 15 is 0 Å². The average molecular weight is 229 g/mol. The lowest BCUT2D eigenvalue weighted by Crippen LogP contribution is -1.94. The Labute approximate surface area is 91.0 Å². The van der Waals surface area contributed by atoms with Crippen LogP contribution in [0.3, 0.4) is 0 Å². The Bertz CT molecular complexity index is 510. The van der Waals surface area contributed by atoms with E-state index in [1.54, 1.807) is 12.1 Å². The number of hydrogen-bond acceptors (Lipinski definition) is 2. The van der Waals surface area contributed by atoms with Gasteiger partial charge in [-0.1, -0.05) is 11.6 Å². The molecule has 0 saturated carbocycles. The second-order valence-corrected chi connectivity index (χ2v) is 3.54. The zero-order chi connectivity index (χ0) is 11.0. The first-order valence-corrected chi connectivity index (χ1v) is 4.78. The third kappa shape index (κ3) is 1.56. The summed E-state index contributed by atoms with van der Waals surface area (Å²) in [5.41, 5.74) is 6.85. The van der Waals surface area contributed by atoms with Crippen molar-refractivity contribution in [1.82, 2.24) is 4.98 Å². The van der Waals surface area contributed by atoms with E-state index in [4.69, 9.17) is 22.1 Å². The topological polar surface area (TPSA) is 51.0 Å². The van der Waals surface area contributed by atoms with Crippen LogP contribution in [0.5, 0.6) is 5.75 Å². The number of ether oxygens (including phenoxy) is 1. The number of benzene rings is 1. The Hall–Kier alpha value is -1.26. The van der Waals surface area contributed by atoms with Gasteiger partial charge in [-0.05, 0) is 6.07 Å². The summed E-state index contributed by atoms with van der Waals surface area (Å²) in [6.45, 7) is 0.327. The van der Waals surface area contributed by atoms with E-state index < -0.39 is 5.82 Å². The predicted octanol–water partition coefficient (Wildman–Crippen LogP) is 2.43. The molecule has 0 spiro atoms. The Morgan fingerprint density at radius 2 is 2.27 bits per heavy atom. The summed E-state index contributed by atoms with van der Waals surface area (Å²) in [5, 5.41) is 0.425. The summed E-state index contributed by atoms with van der Waals surface area (Å²) in [5.74, 6) is -0.172. The van der Waals surface area contributed by atoms with Crippen LogP contribution in [0.25, 0.3) is 10.9 Å². The fourth-order valence-corrected chi connectivity index (χ4v) is 1.74. The standard InChI is InChI=1S/C10H10ClFN2O/c1-15-8-3-7-6(10(12)9(8)11)2-5(4-13)14-7/h2-3,14H,4,13H2,1H3. The van der Waals surface area contributed by atoms with Crippen molar-refractivity contribution in [3.63, 3.8) is 0 Å². The molecule has 80 valence electrons. The quantitative estimate of drug-likeness (QED) is 0.830. The van der Waals surface area contributed by atoms with Crippen LogP contribution in [-0.2, 0) is 6.54 Å². The van der Waals surface area contributed by atoms with Crippen LogP contribution in [0.1, 0.15) is 5.69 Å². The van der Waals surface area contributed by atoms with Gasteiger partial charge in [0.2, 0.25) is 0 Å². The molecule has 0 radical (unpaired) electrons. The Balaban J connectivity index is 2.75. The molecule has 0 aliphatic rings. The molecule has 15 heavy (non-hydrogen) atoms. The zero-order valence-corrected chi connectivity index (χ0v) is 8.86. The highest BCUT2D eigenvalue weighted by Gasteiger charge is 2.14. The summed E-state index contributed by atoms with van der Waals surface area (Å²) in [7, 11) is 1.44. The highest BCUT2D eigenvalue weighted by molar-refractivity contribution is 6.33. The molecule has 1 aromatic heterocycles. The van der Waals surface area contributed by atoms with Gasteiger partial charge in [0, 0.05) is 23.7 Å². The SMILES string of the molecule is COc1cc2[nH]c(CN)cc2c(F)c1Cl. The van der Waals surface area contributed by atoms with Crippen LogP contribution < -0.4 is 10.5 Å². The van der Waals surface area contributed by atoms with E-state index in [2.05, 4.69) is 4.98 Å². The fraction of sp³-hybridized carbons (Fsp3) is 0.200. The number of halogens is 2. The van der Waals surface area contributed by atoms with E-state index in [-0.39, 0.29) is 5.02 Å². The third-order valence-electron chi connectivity index (χ3n) is 2.26. The minimum atomic E-state index is -0.484. The number of hydrogen-bond donors (Lipinski definition) is 2. The maximum absolute atomic E-state index is 13.7. The van der Waals surface area contributed by atoms with Crippen LogP contribution in [0.15, 0.2) is 12.1 Å². The van der Waals surface area contributed by atoms with Gasteiger partial charge in [-0.15, -0.1) is 0 Å². The van der Waals surface area contributed by atoms with Crippen molar-refractivity contribution in [2.24, 2.45) is 5.73 Å². The summed E-state index contributed by atoms with van der Waals surface area (Å²) < 4.78 is 18.7. The molecule has 0 aliphatic carbocycles. The van der Waals surface area contributed by atoms with E-state index in [1.807, 2.05) is 0 Å². The third-order valence-corrected chi connectivity index (χ3v) is 2.62. The largest absolute Gasteiger partial charge is 0.495 e. The predicted molar refractivity (Wildman–Crippen MR) is 57.7 cm³/mol. The first-order chi connectivity index (χ1) is 7.17. The second kappa shape index (κ2) is 3.72. The highest BCUT2D eigenvalue weighted by atomic mass is 35.5. The second-order valence-electron chi connectivity index (χ2n) is 3.17. The molecule has 0 saturated heterocycles. The van der Waals surface area contributed by atoms with Gasteiger partial charge in [0.25, 0.3) is 0 Å². The average Bonchev–Trinajstić information content (AvgIpc) is 2.66. The summed E-state index contributed by atoms with van der Waals surface area (Å²) >= 11 is 5.78. The van der Waals surface area contributed by atoms with Crippen LogP contribution >= 0.6 is 11.6 Å². The number of fused-ring (bicyclic) bond motifs is 1. The molecule has 0 atom stereocenters. The monoisotopic (exact) mass is 228 g/mol. The van der Waals surface area contributed by atoms with E-state index in [0.717, 1.165) is 5.69 Å². The molecule has 2 rings (SSSR count). The lowest BCUT2D eigenvalue weighted by molar-refractivity contribution is 0.412. The molecule has 0 fully saturated rings. The molecule has 3 N–H and O–H groups in total. The molecular formula is C10H10ClFN2O. The minimum absolute atomic E-state index is 0.00688. The van der Waals surface area contributed by atoms with Gasteiger partial charge in [0.15, 0.2) is 5.82 Å². The first kappa shape index (κ1) is 10.3. The summed E-state index contributed by atoms with van der Waals surface area (Å²) in [4.78, 5) is 2.98. The van der Waals surface area contributed by atoms with E-state index in [1.165, 1.54) is 7.11 Å². The number of methoxy groups -OCH3 is 1. The van der Waals surface area contributed by atoms with Crippen molar-refractivity contribution >= 4 is 22.5 Å². The normalized spacial score (nSPS) is 10.9. The molecule has 5 heteroatoms. The number of aromatic nitrogens is 1. The van der Waals surface area contributed by atoms with Crippen molar-refractivity contribution in [3.05, 3.63) is 28.7 Å². The number of nitrogens with one attached hydrogen (secondary N) is 1. The lowest BCUT2D eigenvalue weighted by atomic mass is 10.2. The first-order valence-electron chi connectivity index (χ1n) is 4.41. The number of H-pyrrole nitrogens is 1. The molecule has 1 aromatic carbocycles. The van der Waals surface area contributed by atoms with Crippen LogP contribution in [0.4, 0.5) is 4.39 Å². The molecule has 0 bridgehead atoms. The number of rotatable bonds is 2. The fourth-order valence-electron chi connectivity index (χ4n) is 1.50. The zero-order valence-electron chi connectivity index (χ0n) is 8.10. The van der Waals surface area contributed by atoms with Gasteiger partial charge < -0.3 is 15.5 Å². The number of nitrogens with two attached hydrogens (primary N) is 1. The van der Waals surface area contributed by atoms with Gasteiger partial charge >= 0.3 is 0 Å². The van der Waals surface area contributed by atoms with Gasteiger partial charge in [-0.2, -0.15) is 0 Å². The smallest absolute Gasteiger partial charge is 0.154 e. The van der Waals surface area contributed by atoms with Crippen LogP contribution in [0.2, 0.25) is 5.02 Å². The molecule has 0 aliphatic heterocycles. The Kier molecular flexibility index (Phi) is 2.54. The minimum Gasteiger partial charge on any atom is -0.495 e. The van der Waals surface area contributed by atoms with E-state index in [0.29, 0.717) is 23.2 Å². The van der Waals surface area contributed by atoms with Crippen LogP contribution in [-0.4, -0.2) is 12.1 Å². The van der Waals surface area contributed by atoms with Gasteiger partial charge in [-0.25, -0.2) is 4.39 Å². The Morgan fingerprint density at radius 3 is 2.87 bits per heavy atom.